The summed E-state index contributed by atoms with van der Waals surface area (Å²) < 4.78 is 1.01. The van der Waals surface area contributed by atoms with Crippen molar-refractivity contribution >= 4 is 51.1 Å². The smallest absolute Gasteiger partial charge is 0.314 e. The van der Waals surface area contributed by atoms with Gasteiger partial charge in [-0.1, -0.05) is 52.5 Å². The number of rotatable bonds is 7. The molecule has 2 aromatic rings. The van der Waals surface area contributed by atoms with Crippen LogP contribution in [0.25, 0.3) is 0 Å². The highest BCUT2D eigenvalue weighted by Gasteiger charge is 2.34. The van der Waals surface area contributed by atoms with E-state index < -0.39 is 0 Å². The first kappa shape index (κ1) is 28.2. The number of urea groups is 1. The van der Waals surface area contributed by atoms with Crippen LogP contribution in [0.15, 0.2) is 34.9 Å². The van der Waals surface area contributed by atoms with E-state index in [2.05, 4.69) is 28.9 Å². The Hall–Kier alpha value is -1.83. The van der Waals surface area contributed by atoms with Gasteiger partial charge in [0.05, 0.1) is 5.02 Å². The second-order valence-corrected chi connectivity index (χ2v) is 12.0. The highest BCUT2D eigenvalue weighted by Crippen LogP contribution is 2.43. The van der Waals surface area contributed by atoms with Crippen LogP contribution in [0.1, 0.15) is 68.2 Å². The number of hydrogen-bond donors (Lipinski definition) is 1. The third-order valence-electron chi connectivity index (χ3n) is 7.83. The van der Waals surface area contributed by atoms with E-state index in [-0.39, 0.29) is 17.9 Å². The molecule has 1 unspecified atom stereocenters. The highest BCUT2D eigenvalue weighted by atomic mass is 79.9. The van der Waals surface area contributed by atoms with Crippen molar-refractivity contribution < 1.29 is 9.59 Å². The predicted octanol–water partition coefficient (Wildman–Crippen LogP) is 6.65. The second-order valence-electron chi connectivity index (χ2n) is 10.3. The lowest BCUT2D eigenvalue weighted by molar-refractivity contribution is -0.134. The fourth-order valence-electron chi connectivity index (χ4n) is 5.87. The van der Waals surface area contributed by atoms with Crippen molar-refractivity contribution in [2.45, 2.75) is 57.8 Å². The third-order valence-corrected chi connectivity index (χ3v) is 8.93. The van der Waals surface area contributed by atoms with Gasteiger partial charge in [-0.15, -0.1) is 0 Å². The Labute approximate surface area is 238 Å². The lowest BCUT2D eigenvalue weighted by Crippen LogP contribution is -2.44. The Morgan fingerprint density at radius 1 is 1.05 bits per heavy atom. The molecular formula is C28H35BrCl2N4O2. The molecule has 9 heteroatoms. The van der Waals surface area contributed by atoms with Gasteiger partial charge in [0.1, 0.15) is 0 Å². The van der Waals surface area contributed by atoms with Crippen LogP contribution in [0, 0.1) is 11.8 Å². The summed E-state index contributed by atoms with van der Waals surface area (Å²) in [6, 6.07) is 7.62. The minimum absolute atomic E-state index is 0.0841. The predicted molar refractivity (Wildman–Crippen MR) is 152 cm³/mol. The molecule has 6 nitrogen and oxygen atoms in total. The van der Waals surface area contributed by atoms with E-state index >= 15 is 0 Å². The van der Waals surface area contributed by atoms with Gasteiger partial charge in [0, 0.05) is 59.9 Å². The summed E-state index contributed by atoms with van der Waals surface area (Å²) in [5.41, 5.74) is 8.87. The topological polar surface area (TPSA) is 79.5 Å². The highest BCUT2D eigenvalue weighted by molar-refractivity contribution is 9.10. The molecule has 2 N–H and O–H groups in total. The van der Waals surface area contributed by atoms with Crippen LogP contribution in [0.3, 0.4) is 0 Å². The Morgan fingerprint density at radius 2 is 1.73 bits per heavy atom. The number of pyridine rings is 1. The largest absolute Gasteiger partial charge is 0.351 e. The van der Waals surface area contributed by atoms with Gasteiger partial charge in [-0.2, -0.15) is 0 Å². The first-order valence-corrected chi connectivity index (χ1v) is 14.7. The molecule has 3 amide bonds. The number of aromatic nitrogens is 1. The monoisotopic (exact) mass is 608 g/mol. The van der Waals surface area contributed by atoms with Crippen molar-refractivity contribution in [3.05, 3.63) is 61.8 Å². The number of piperidine rings is 2. The van der Waals surface area contributed by atoms with E-state index in [0.29, 0.717) is 36.4 Å². The normalized spacial score (nSPS) is 18.2. The average molecular weight is 610 g/mol. The molecule has 200 valence electrons. The third kappa shape index (κ3) is 6.98. The fraction of sp³-hybridized carbons (Fsp3) is 0.536. The van der Waals surface area contributed by atoms with E-state index in [1.54, 1.807) is 11.1 Å². The summed E-state index contributed by atoms with van der Waals surface area (Å²) >= 11 is 16.4. The fourth-order valence-corrected chi connectivity index (χ4v) is 7.11. The number of primary amides is 1. The quantitative estimate of drug-likeness (QED) is 0.381. The number of likely N-dealkylation sites (tertiary alicyclic amines) is 2. The zero-order chi connectivity index (χ0) is 26.5. The zero-order valence-electron chi connectivity index (χ0n) is 21.3. The molecule has 2 fully saturated rings. The summed E-state index contributed by atoms with van der Waals surface area (Å²) in [6.07, 6.45) is 7.69. The first-order valence-electron chi connectivity index (χ1n) is 13.2. The summed E-state index contributed by atoms with van der Waals surface area (Å²) in [5, 5.41) is 1.34. The van der Waals surface area contributed by atoms with Crippen molar-refractivity contribution in [1.82, 2.24) is 14.8 Å². The van der Waals surface area contributed by atoms with E-state index in [9.17, 15) is 9.59 Å². The molecule has 1 aromatic carbocycles. The molecule has 1 atom stereocenters. The number of hydrogen-bond acceptors (Lipinski definition) is 3. The number of carbonyl (C=O) groups excluding carboxylic acids is 2. The number of benzene rings is 1. The summed E-state index contributed by atoms with van der Waals surface area (Å²) in [4.78, 5) is 33.0. The SMILES string of the molecule is CCCc1cc(Cl)cc(Br)c1C(c1ccc(Cl)cn1)C1CCN(C(=O)CC2CCN(C(N)=O)CC2)CC1. The van der Waals surface area contributed by atoms with E-state index in [1.165, 1.54) is 11.1 Å². The number of aryl methyl sites for hydroxylation is 1. The standard InChI is InChI=1S/C28H35BrCl2N4O2/c1-2-3-20-15-22(31)16-23(29)26(20)27(24-5-4-21(30)17-33-24)19-8-12-34(13-9-19)25(36)14-18-6-10-35(11-7-18)28(32)37/h4-5,15-19,27H,2-3,6-14H2,1H3,(H2,32,37). The van der Waals surface area contributed by atoms with Crippen LogP contribution in [-0.4, -0.2) is 52.9 Å². The molecule has 4 rings (SSSR count). The average Bonchev–Trinajstić information content (AvgIpc) is 2.87. The maximum atomic E-state index is 13.1. The molecule has 37 heavy (non-hydrogen) atoms. The van der Waals surface area contributed by atoms with E-state index in [0.717, 1.165) is 66.8 Å². The van der Waals surface area contributed by atoms with Crippen molar-refractivity contribution in [3.63, 3.8) is 0 Å². The second kappa shape index (κ2) is 12.8. The van der Waals surface area contributed by atoms with Gasteiger partial charge in [0.2, 0.25) is 5.91 Å². The van der Waals surface area contributed by atoms with Crippen LogP contribution >= 0.6 is 39.1 Å². The van der Waals surface area contributed by atoms with Gasteiger partial charge in [0.15, 0.2) is 0 Å². The molecule has 0 bridgehead atoms. The molecule has 0 aliphatic carbocycles. The first-order chi connectivity index (χ1) is 17.8. The zero-order valence-corrected chi connectivity index (χ0v) is 24.4. The number of amides is 3. The van der Waals surface area contributed by atoms with Crippen molar-refractivity contribution in [2.75, 3.05) is 26.2 Å². The van der Waals surface area contributed by atoms with Crippen molar-refractivity contribution in [3.8, 4) is 0 Å². The van der Waals surface area contributed by atoms with Crippen LogP contribution in [0.2, 0.25) is 10.0 Å². The molecule has 1 aromatic heterocycles. The molecule has 0 spiro atoms. The van der Waals surface area contributed by atoms with Gasteiger partial charge in [-0.25, -0.2) is 4.79 Å². The Morgan fingerprint density at radius 3 is 2.32 bits per heavy atom. The summed E-state index contributed by atoms with van der Waals surface area (Å²) in [5.74, 6) is 0.954. The van der Waals surface area contributed by atoms with Gasteiger partial charge < -0.3 is 15.5 Å². The minimum Gasteiger partial charge on any atom is -0.351 e. The number of nitrogens with zero attached hydrogens (tertiary/aromatic N) is 3. The Kier molecular flexibility index (Phi) is 9.76. The maximum absolute atomic E-state index is 13.1. The molecule has 2 saturated heterocycles. The molecule has 2 aliphatic rings. The molecule has 0 saturated carbocycles. The number of halogens is 3. The van der Waals surface area contributed by atoms with E-state index in [4.69, 9.17) is 33.9 Å². The van der Waals surface area contributed by atoms with Gasteiger partial charge in [0.25, 0.3) is 0 Å². The van der Waals surface area contributed by atoms with Crippen LogP contribution in [0.5, 0.6) is 0 Å². The number of nitrogens with two attached hydrogens (primary N) is 1. The maximum Gasteiger partial charge on any atom is 0.314 e. The van der Waals surface area contributed by atoms with Gasteiger partial charge in [-0.05, 0) is 79.3 Å². The van der Waals surface area contributed by atoms with Crippen LogP contribution in [0.4, 0.5) is 4.79 Å². The lowest BCUT2D eigenvalue weighted by Gasteiger charge is -2.38. The minimum atomic E-state index is -0.369. The van der Waals surface area contributed by atoms with Crippen molar-refractivity contribution in [1.29, 1.82) is 0 Å². The molecule has 0 radical (unpaired) electrons. The molecule has 3 heterocycles. The Balaban J connectivity index is 1.49. The Bertz CT molecular complexity index is 1100. The van der Waals surface area contributed by atoms with Crippen LogP contribution < -0.4 is 5.73 Å². The molecule has 2 aliphatic heterocycles. The molecular weight excluding hydrogens is 575 g/mol. The van der Waals surface area contributed by atoms with Crippen LogP contribution in [-0.2, 0) is 11.2 Å². The summed E-state index contributed by atoms with van der Waals surface area (Å²) in [7, 11) is 0. The van der Waals surface area contributed by atoms with Gasteiger partial charge in [-0.3, -0.25) is 9.78 Å². The summed E-state index contributed by atoms with van der Waals surface area (Å²) in [6.45, 7) is 4.93. The number of carbonyl (C=O) groups is 2. The lowest BCUT2D eigenvalue weighted by atomic mass is 9.76. The van der Waals surface area contributed by atoms with E-state index in [1.807, 2.05) is 23.1 Å². The van der Waals surface area contributed by atoms with Gasteiger partial charge >= 0.3 is 6.03 Å². The van der Waals surface area contributed by atoms with Crippen molar-refractivity contribution in [2.24, 2.45) is 17.6 Å².